The summed E-state index contributed by atoms with van der Waals surface area (Å²) in [5.41, 5.74) is 2.80. The van der Waals surface area contributed by atoms with Crippen molar-refractivity contribution in [1.29, 1.82) is 0 Å². The molecule has 0 radical (unpaired) electrons. The molecule has 0 aromatic carbocycles. The number of aliphatic hydroxyl groups is 4. The van der Waals surface area contributed by atoms with Crippen molar-refractivity contribution in [2.24, 2.45) is 29.1 Å². The third-order valence-electron chi connectivity index (χ3n) is 10.7. The molecule has 4 nitrogen and oxygen atoms in total. The van der Waals surface area contributed by atoms with E-state index in [-0.39, 0.29) is 12.0 Å². The maximum atomic E-state index is 10.5. The zero-order valence-corrected chi connectivity index (χ0v) is 24.2. The minimum absolute atomic E-state index is 0.124. The zero-order valence-electron chi connectivity index (χ0n) is 23.4. The molecule has 3 aliphatic carbocycles. The van der Waals surface area contributed by atoms with Crippen LogP contribution < -0.4 is 0 Å². The van der Waals surface area contributed by atoms with Crippen LogP contribution in [0.5, 0.6) is 0 Å². The Balaban J connectivity index is 1.41. The van der Waals surface area contributed by atoms with Crippen LogP contribution in [0.4, 0.5) is 0 Å². The van der Waals surface area contributed by atoms with Crippen molar-refractivity contribution in [2.45, 2.75) is 116 Å². The highest BCUT2D eigenvalue weighted by Crippen LogP contribution is 2.60. The summed E-state index contributed by atoms with van der Waals surface area (Å²) in [6.07, 6.45) is 12.2. The number of hydrogen-bond donors (Lipinski definition) is 4. The summed E-state index contributed by atoms with van der Waals surface area (Å²) in [4.78, 5) is 1.33. The fraction of sp³-hybridized carbons (Fsp3) is 0.750. The predicted octanol–water partition coefficient (Wildman–Crippen LogP) is 6.39. The summed E-state index contributed by atoms with van der Waals surface area (Å²) in [6.45, 7) is 9.73. The van der Waals surface area contributed by atoms with Crippen molar-refractivity contribution in [3.8, 4) is 0 Å². The van der Waals surface area contributed by atoms with Gasteiger partial charge in [0.15, 0.2) is 0 Å². The number of aliphatic hydroxyl groups excluding tert-OH is 4. The Morgan fingerprint density at radius 2 is 1.84 bits per heavy atom. The Bertz CT molecular complexity index is 923. The summed E-state index contributed by atoms with van der Waals surface area (Å²) in [5, 5.41) is 42.6. The van der Waals surface area contributed by atoms with Crippen LogP contribution in [0, 0.1) is 29.1 Å². The number of hydrogen-bond acceptors (Lipinski definition) is 5. The molecule has 0 aliphatic heterocycles. The van der Waals surface area contributed by atoms with E-state index in [0.717, 1.165) is 30.8 Å². The Labute approximate surface area is 228 Å². The van der Waals surface area contributed by atoms with Crippen molar-refractivity contribution >= 4 is 11.3 Å². The first-order valence-corrected chi connectivity index (χ1v) is 15.6. The van der Waals surface area contributed by atoms with Crippen molar-refractivity contribution in [2.75, 3.05) is 6.61 Å². The standard InChI is InChI=1S/C32H50O4S/c1-21(2)32(20-33,29-10-7-17-37-29)16-5-8-22(3)25-13-14-26-24(9-6-15-31(25,26)4)12-11-23-18-27(34)30(36)28(35)19-23/h7,10-12,17,21-22,25-28,30,33-36H,5-6,8-9,13-16,18-20H2,1-4H3/b23-11?,24-12-/t22?,25-,26?,27-,28-,30?,31-,32+/m1/s1. The summed E-state index contributed by atoms with van der Waals surface area (Å²) in [7, 11) is 0. The molecule has 4 N–H and O–H groups in total. The Morgan fingerprint density at radius 1 is 1.11 bits per heavy atom. The fourth-order valence-corrected chi connectivity index (χ4v) is 9.33. The van der Waals surface area contributed by atoms with Crippen LogP contribution in [-0.2, 0) is 5.41 Å². The molecule has 37 heavy (non-hydrogen) atoms. The molecule has 4 rings (SSSR count). The van der Waals surface area contributed by atoms with Gasteiger partial charge in [0.1, 0.15) is 6.10 Å². The summed E-state index contributed by atoms with van der Waals surface area (Å²) in [6, 6.07) is 4.32. The molecule has 0 bridgehead atoms. The van der Waals surface area contributed by atoms with Gasteiger partial charge in [-0.1, -0.05) is 69.9 Å². The van der Waals surface area contributed by atoms with Crippen LogP contribution in [0.15, 0.2) is 40.8 Å². The molecule has 1 heterocycles. The Hall–Kier alpha value is -0.980. The Morgan fingerprint density at radius 3 is 2.46 bits per heavy atom. The van der Waals surface area contributed by atoms with Crippen LogP contribution in [0.3, 0.4) is 0 Å². The van der Waals surface area contributed by atoms with Crippen LogP contribution in [0.1, 0.15) is 96.8 Å². The van der Waals surface area contributed by atoms with Crippen molar-refractivity contribution in [1.82, 2.24) is 0 Å². The molecular formula is C32H50O4S. The average molecular weight is 531 g/mol. The minimum atomic E-state index is -1.03. The fourth-order valence-electron chi connectivity index (χ4n) is 8.23. The molecule has 0 spiro atoms. The smallest absolute Gasteiger partial charge is 0.106 e. The molecule has 3 fully saturated rings. The molecule has 1 aromatic heterocycles. The van der Waals surface area contributed by atoms with Crippen LogP contribution in [0.2, 0.25) is 0 Å². The van der Waals surface area contributed by atoms with E-state index in [2.05, 4.69) is 57.4 Å². The third-order valence-corrected chi connectivity index (χ3v) is 11.8. The van der Waals surface area contributed by atoms with Gasteiger partial charge in [-0.3, -0.25) is 0 Å². The van der Waals surface area contributed by atoms with E-state index < -0.39 is 18.3 Å². The molecule has 0 saturated heterocycles. The highest BCUT2D eigenvalue weighted by atomic mass is 32.1. The van der Waals surface area contributed by atoms with Gasteiger partial charge in [-0.25, -0.2) is 0 Å². The van der Waals surface area contributed by atoms with Gasteiger partial charge in [-0.05, 0) is 91.9 Å². The maximum absolute atomic E-state index is 10.5. The number of thiophene rings is 1. The first-order chi connectivity index (χ1) is 17.6. The van der Waals surface area contributed by atoms with Gasteiger partial charge in [0, 0.05) is 10.3 Å². The van der Waals surface area contributed by atoms with E-state index >= 15 is 0 Å². The van der Waals surface area contributed by atoms with Gasteiger partial charge in [0.2, 0.25) is 0 Å². The molecule has 7 atom stereocenters. The number of rotatable bonds is 9. The lowest BCUT2D eigenvalue weighted by atomic mass is 9.60. The second kappa shape index (κ2) is 12.0. The normalized spacial score (nSPS) is 36.0. The first-order valence-electron chi connectivity index (χ1n) is 14.7. The molecule has 208 valence electrons. The number of allylic oxidation sites excluding steroid dienone is 3. The first kappa shape index (κ1) is 29.0. The molecule has 3 aliphatic rings. The van der Waals surface area contributed by atoms with Crippen LogP contribution in [-0.4, -0.2) is 45.3 Å². The number of fused-ring (bicyclic) bond motifs is 1. The quantitative estimate of drug-likeness (QED) is 0.298. The van der Waals surface area contributed by atoms with Gasteiger partial charge >= 0.3 is 0 Å². The van der Waals surface area contributed by atoms with Crippen LogP contribution in [0.25, 0.3) is 0 Å². The van der Waals surface area contributed by atoms with E-state index in [0.29, 0.717) is 36.0 Å². The van der Waals surface area contributed by atoms with Gasteiger partial charge in [-0.15, -0.1) is 11.3 Å². The topological polar surface area (TPSA) is 80.9 Å². The summed E-state index contributed by atoms with van der Waals surface area (Å²) >= 11 is 1.79. The average Bonchev–Trinajstić information content (AvgIpc) is 3.52. The zero-order chi connectivity index (χ0) is 26.8. The molecule has 2 unspecified atom stereocenters. The second-order valence-corrected chi connectivity index (χ2v) is 14.0. The van der Waals surface area contributed by atoms with E-state index in [9.17, 15) is 20.4 Å². The van der Waals surface area contributed by atoms with E-state index in [4.69, 9.17) is 0 Å². The highest BCUT2D eigenvalue weighted by molar-refractivity contribution is 7.10. The monoisotopic (exact) mass is 530 g/mol. The van der Waals surface area contributed by atoms with E-state index in [1.165, 1.54) is 37.0 Å². The van der Waals surface area contributed by atoms with E-state index in [1.807, 2.05) is 0 Å². The highest BCUT2D eigenvalue weighted by Gasteiger charge is 2.50. The van der Waals surface area contributed by atoms with Gasteiger partial charge in [0.25, 0.3) is 0 Å². The van der Waals surface area contributed by atoms with E-state index in [1.54, 1.807) is 16.9 Å². The second-order valence-electron chi connectivity index (χ2n) is 13.0. The lowest BCUT2D eigenvalue weighted by molar-refractivity contribution is -0.0713. The largest absolute Gasteiger partial charge is 0.395 e. The molecule has 1 aromatic rings. The maximum Gasteiger partial charge on any atom is 0.106 e. The third kappa shape index (κ3) is 5.82. The van der Waals surface area contributed by atoms with Crippen LogP contribution >= 0.6 is 11.3 Å². The Kier molecular flexibility index (Phi) is 9.44. The van der Waals surface area contributed by atoms with Crippen molar-refractivity contribution < 1.29 is 20.4 Å². The van der Waals surface area contributed by atoms with Crippen molar-refractivity contribution in [3.05, 3.63) is 45.7 Å². The lowest BCUT2D eigenvalue weighted by Gasteiger charge is -2.44. The summed E-state index contributed by atoms with van der Waals surface area (Å²) in [5.74, 6) is 2.43. The molecule has 5 heteroatoms. The van der Waals surface area contributed by atoms with Gasteiger partial charge in [-0.2, -0.15) is 0 Å². The molecular weight excluding hydrogens is 480 g/mol. The van der Waals surface area contributed by atoms with Gasteiger partial charge < -0.3 is 20.4 Å². The van der Waals surface area contributed by atoms with Crippen molar-refractivity contribution in [3.63, 3.8) is 0 Å². The lowest BCUT2D eigenvalue weighted by Crippen LogP contribution is -2.41. The van der Waals surface area contributed by atoms with Gasteiger partial charge in [0.05, 0.1) is 18.8 Å². The minimum Gasteiger partial charge on any atom is -0.395 e. The molecule has 3 saturated carbocycles. The summed E-state index contributed by atoms with van der Waals surface area (Å²) < 4.78 is 0. The SMILES string of the molecule is CC(CCC[C@@](CO)(c1cccs1)C(C)C)[C@H]1CCC2/C(=C\C=C3C[C@@H](O)C(O)[C@H](O)C3)CCC[C@@]21C. The predicted molar refractivity (Wildman–Crippen MR) is 153 cm³/mol. The molecule has 0 amide bonds.